The van der Waals surface area contributed by atoms with Gasteiger partial charge in [0.15, 0.2) is 0 Å². The summed E-state index contributed by atoms with van der Waals surface area (Å²) in [4.78, 5) is 12.4. The first-order valence-electron chi connectivity index (χ1n) is 7.83. The van der Waals surface area contributed by atoms with E-state index < -0.39 is 15.6 Å². The molecule has 1 atom stereocenters. The maximum atomic E-state index is 12.4. The van der Waals surface area contributed by atoms with Crippen LogP contribution in [0.25, 0.3) is 10.8 Å². The Balaban J connectivity index is 2.05. The number of fused-ring (bicyclic) bond motifs is 1. The lowest BCUT2D eigenvalue weighted by Crippen LogP contribution is -2.51. The van der Waals surface area contributed by atoms with Crippen LogP contribution in [0.4, 0.5) is 0 Å². The van der Waals surface area contributed by atoms with E-state index in [0.29, 0.717) is 0 Å². The third-order valence-corrected chi connectivity index (χ3v) is 4.76. The zero-order valence-electron chi connectivity index (χ0n) is 14.5. The summed E-state index contributed by atoms with van der Waals surface area (Å²) in [6.45, 7) is 5.53. The van der Waals surface area contributed by atoms with Crippen molar-refractivity contribution in [3.63, 3.8) is 0 Å². The standard InChI is InChI=1S/C18H24N2O3S/c1-13(15-10-9-14-7-5-6-8-16(14)11-15)17(21)19-12-18(2,3)20-24(4,22)23/h5-11,13,20H,12H2,1-4H3,(H,19,21)/t13-/m1/s1. The summed E-state index contributed by atoms with van der Waals surface area (Å²) >= 11 is 0. The second-order valence-corrected chi connectivity index (χ2v) is 8.55. The summed E-state index contributed by atoms with van der Waals surface area (Å²) < 4.78 is 25.2. The van der Waals surface area contributed by atoms with Gasteiger partial charge in [0.1, 0.15) is 0 Å². The molecule has 0 saturated heterocycles. The molecule has 0 fully saturated rings. The van der Waals surface area contributed by atoms with E-state index in [1.165, 1.54) is 0 Å². The highest BCUT2D eigenvalue weighted by atomic mass is 32.2. The van der Waals surface area contributed by atoms with Crippen molar-refractivity contribution in [1.29, 1.82) is 0 Å². The van der Waals surface area contributed by atoms with Gasteiger partial charge in [0.2, 0.25) is 15.9 Å². The van der Waals surface area contributed by atoms with E-state index in [4.69, 9.17) is 0 Å². The van der Waals surface area contributed by atoms with E-state index in [9.17, 15) is 13.2 Å². The normalized spacial score (nSPS) is 13.7. The molecule has 2 aromatic carbocycles. The van der Waals surface area contributed by atoms with Crippen molar-refractivity contribution in [2.45, 2.75) is 32.2 Å². The van der Waals surface area contributed by atoms with Gasteiger partial charge in [-0.1, -0.05) is 42.5 Å². The Morgan fingerprint density at radius 1 is 1.12 bits per heavy atom. The minimum atomic E-state index is -3.33. The number of hydrogen-bond acceptors (Lipinski definition) is 3. The number of benzene rings is 2. The Labute approximate surface area is 143 Å². The highest BCUT2D eigenvalue weighted by Gasteiger charge is 2.24. The molecule has 0 aromatic heterocycles. The van der Waals surface area contributed by atoms with Gasteiger partial charge in [-0.15, -0.1) is 0 Å². The number of nitrogens with one attached hydrogen (secondary N) is 2. The molecule has 5 nitrogen and oxygen atoms in total. The van der Waals surface area contributed by atoms with Crippen LogP contribution >= 0.6 is 0 Å². The minimum Gasteiger partial charge on any atom is -0.354 e. The molecule has 0 bridgehead atoms. The van der Waals surface area contributed by atoms with Crippen LogP contribution < -0.4 is 10.0 Å². The topological polar surface area (TPSA) is 75.3 Å². The fourth-order valence-corrected chi connectivity index (χ4v) is 3.70. The van der Waals surface area contributed by atoms with Crippen LogP contribution in [0.3, 0.4) is 0 Å². The molecule has 6 heteroatoms. The van der Waals surface area contributed by atoms with Gasteiger partial charge in [0.25, 0.3) is 0 Å². The third kappa shape index (κ3) is 5.04. The van der Waals surface area contributed by atoms with Gasteiger partial charge in [-0.25, -0.2) is 13.1 Å². The highest BCUT2D eigenvalue weighted by Crippen LogP contribution is 2.22. The number of hydrogen-bond donors (Lipinski definition) is 2. The molecule has 0 aliphatic carbocycles. The number of sulfonamides is 1. The lowest BCUT2D eigenvalue weighted by Gasteiger charge is -2.26. The summed E-state index contributed by atoms with van der Waals surface area (Å²) in [6.07, 6.45) is 1.11. The van der Waals surface area contributed by atoms with Crippen molar-refractivity contribution in [3.8, 4) is 0 Å². The van der Waals surface area contributed by atoms with Gasteiger partial charge in [-0.05, 0) is 37.1 Å². The first kappa shape index (κ1) is 18.4. The van der Waals surface area contributed by atoms with Crippen LogP contribution in [0.15, 0.2) is 42.5 Å². The third-order valence-electron chi connectivity index (χ3n) is 3.83. The molecular formula is C18H24N2O3S. The fraction of sp³-hybridized carbons (Fsp3) is 0.389. The molecule has 0 unspecified atom stereocenters. The number of rotatable bonds is 6. The molecule has 1 amide bonds. The molecular weight excluding hydrogens is 324 g/mol. The first-order chi connectivity index (χ1) is 11.1. The fourth-order valence-electron chi connectivity index (χ4n) is 2.63. The smallest absolute Gasteiger partial charge is 0.227 e. The Kier molecular flexibility index (Phi) is 5.30. The lowest BCUT2D eigenvalue weighted by atomic mass is 9.96. The van der Waals surface area contributed by atoms with Gasteiger partial charge in [-0.3, -0.25) is 4.79 Å². The van der Waals surface area contributed by atoms with Crippen molar-refractivity contribution in [2.75, 3.05) is 12.8 Å². The van der Waals surface area contributed by atoms with Crippen LogP contribution in [-0.2, 0) is 14.8 Å². The van der Waals surface area contributed by atoms with E-state index in [0.717, 1.165) is 22.6 Å². The van der Waals surface area contributed by atoms with Crippen molar-refractivity contribution >= 4 is 26.7 Å². The first-order valence-corrected chi connectivity index (χ1v) is 9.72. The number of carbonyl (C=O) groups excluding carboxylic acids is 1. The monoisotopic (exact) mass is 348 g/mol. The highest BCUT2D eigenvalue weighted by molar-refractivity contribution is 7.88. The second-order valence-electron chi connectivity index (χ2n) is 6.80. The van der Waals surface area contributed by atoms with Gasteiger partial charge in [-0.2, -0.15) is 0 Å². The van der Waals surface area contributed by atoms with Gasteiger partial charge < -0.3 is 5.32 Å². The molecule has 0 aliphatic heterocycles. The van der Waals surface area contributed by atoms with Crippen molar-refractivity contribution in [3.05, 3.63) is 48.0 Å². The minimum absolute atomic E-state index is 0.131. The SMILES string of the molecule is C[C@@H](C(=O)NCC(C)(C)NS(C)(=O)=O)c1ccc2ccccc2c1. The predicted molar refractivity (Wildman–Crippen MR) is 97.4 cm³/mol. The maximum absolute atomic E-state index is 12.4. The zero-order chi connectivity index (χ0) is 18.0. The van der Waals surface area contributed by atoms with E-state index in [1.54, 1.807) is 13.8 Å². The van der Waals surface area contributed by atoms with Gasteiger partial charge in [0, 0.05) is 12.1 Å². The number of amides is 1. The Hall–Kier alpha value is -1.92. The molecule has 2 N–H and O–H groups in total. The van der Waals surface area contributed by atoms with Crippen molar-refractivity contribution < 1.29 is 13.2 Å². The molecule has 130 valence electrons. The van der Waals surface area contributed by atoms with Crippen LogP contribution in [-0.4, -0.2) is 32.7 Å². The van der Waals surface area contributed by atoms with E-state index in [-0.39, 0.29) is 18.4 Å². The zero-order valence-corrected chi connectivity index (χ0v) is 15.3. The Bertz CT molecular complexity index is 844. The second kappa shape index (κ2) is 6.91. The van der Waals surface area contributed by atoms with E-state index in [1.807, 2.05) is 49.4 Å². The van der Waals surface area contributed by atoms with Gasteiger partial charge in [0.05, 0.1) is 12.2 Å². The van der Waals surface area contributed by atoms with Crippen LogP contribution in [0.1, 0.15) is 32.3 Å². The van der Waals surface area contributed by atoms with Crippen molar-refractivity contribution in [1.82, 2.24) is 10.0 Å². The summed E-state index contributed by atoms with van der Waals surface area (Å²) in [7, 11) is -3.33. The molecule has 0 spiro atoms. The summed E-state index contributed by atoms with van der Waals surface area (Å²) in [5, 5.41) is 5.05. The number of carbonyl (C=O) groups is 1. The molecule has 2 rings (SSSR count). The predicted octanol–water partition coefficient (Wildman–Crippen LogP) is 2.39. The van der Waals surface area contributed by atoms with Crippen LogP contribution in [0, 0.1) is 0 Å². The molecule has 24 heavy (non-hydrogen) atoms. The van der Waals surface area contributed by atoms with Gasteiger partial charge >= 0.3 is 0 Å². The molecule has 0 heterocycles. The molecule has 0 radical (unpaired) electrons. The van der Waals surface area contributed by atoms with Crippen LogP contribution in [0.2, 0.25) is 0 Å². The maximum Gasteiger partial charge on any atom is 0.227 e. The van der Waals surface area contributed by atoms with Crippen molar-refractivity contribution in [2.24, 2.45) is 0 Å². The molecule has 0 saturated carbocycles. The van der Waals surface area contributed by atoms with E-state index in [2.05, 4.69) is 10.0 Å². The van der Waals surface area contributed by atoms with E-state index >= 15 is 0 Å². The Morgan fingerprint density at radius 2 is 1.75 bits per heavy atom. The summed E-state index contributed by atoms with van der Waals surface area (Å²) in [5.74, 6) is -0.447. The van der Waals surface area contributed by atoms with Crippen LogP contribution in [0.5, 0.6) is 0 Å². The Morgan fingerprint density at radius 3 is 2.38 bits per heavy atom. The molecule has 2 aromatic rings. The largest absolute Gasteiger partial charge is 0.354 e. The quantitative estimate of drug-likeness (QED) is 0.842. The average Bonchev–Trinajstić information content (AvgIpc) is 2.49. The average molecular weight is 348 g/mol. The summed E-state index contributed by atoms with van der Waals surface area (Å²) in [5.41, 5.74) is 0.187. The lowest BCUT2D eigenvalue weighted by molar-refractivity contribution is -0.122. The molecule has 0 aliphatic rings. The summed E-state index contributed by atoms with van der Waals surface area (Å²) in [6, 6.07) is 14.0.